The number of benzene rings is 3. The second-order valence-electron chi connectivity index (χ2n) is 7.24. The maximum absolute atomic E-state index is 13.0. The fraction of sp³-hybridized carbons (Fsp3) is 0.154. The van der Waals surface area contributed by atoms with Crippen LogP contribution in [-0.2, 0) is 19.1 Å². The highest BCUT2D eigenvalue weighted by molar-refractivity contribution is 6.15. The lowest BCUT2D eigenvalue weighted by molar-refractivity contribution is -0.143. The maximum atomic E-state index is 13.0. The van der Waals surface area contributed by atoms with Gasteiger partial charge in [0.1, 0.15) is 11.5 Å². The molecule has 0 spiro atoms. The molecule has 3 rings (SSSR count). The van der Waals surface area contributed by atoms with Crippen LogP contribution in [0, 0.1) is 0 Å². The van der Waals surface area contributed by atoms with Crippen molar-refractivity contribution < 1.29 is 38.1 Å². The summed E-state index contributed by atoms with van der Waals surface area (Å²) in [6.07, 6.45) is 0. The van der Waals surface area contributed by atoms with Gasteiger partial charge in [-0.1, -0.05) is 24.3 Å². The first-order valence-electron chi connectivity index (χ1n) is 10.7. The van der Waals surface area contributed by atoms with Gasteiger partial charge >= 0.3 is 11.9 Å². The van der Waals surface area contributed by atoms with E-state index in [2.05, 4.69) is 20.1 Å². The molecular weight excluding hydrogens is 468 g/mol. The maximum Gasteiger partial charge on any atom is 0.343 e. The molecule has 186 valence electrons. The molecule has 10 nitrogen and oxygen atoms in total. The van der Waals surface area contributed by atoms with Crippen LogP contribution in [0.2, 0.25) is 0 Å². The van der Waals surface area contributed by atoms with Gasteiger partial charge in [-0.2, -0.15) is 0 Å². The lowest BCUT2D eigenvalue weighted by Gasteiger charge is -2.12. The molecule has 0 radical (unpaired) electrons. The third-order valence-corrected chi connectivity index (χ3v) is 4.77. The van der Waals surface area contributed by atoms with E-state index in [4.69, 9.17) is 9.47 Å². The number of carbonyl (C=O) groups is 4. The third kappa shape index (κ3) is 7.32. The number of hydrogen-bond acceptors (Lipinski definition) is 8. The molecule has 0 saturated carbocycles. The number of rotatable bonds is 10. The molecule has 36 heavy (non-hydrogen) atoms. The molecule has 2 amide bonds. The summed E-state index contributed by atoms with van der Waals surface area (Å²) in [4.78, 5) is 48.5. The van der Waals surface area contributed by atoms with E-state index in [1.54, 1.807) is 60.7 Å². The van der Waals surface area contributed by atoms with Crippen LogP contribution in [0.3, 0.4) is 0 Å². The van der Waals surface area contributed by atoms with Gasteiger partial charge in [-0.15, -0.1) is 0 Å². The molecular formula is C26H24N2O8. The van der Waals surface area contributed by atoms with Gasteiger partial charge in [-0.25, -0.2) is 9.59 Å². The van der Waals surface area contributed by atoms with E-state index in [-0.39, 0.29) is 24.3 Å². The predicted molar refractivity (Wildman–Crippen MR) is 130 cm³/mol. The van der Waals surface area contributed by atoms with Gasteiger partial charge in [0.2, 0.25) is 0 Å². The number of methoxy groups -OCH3 is 2. The summed E-state index contributed by atoms with van der Waals surface area (Å²) >= 11 is 0. The second-order valence-corrected chi connectivity index (χ2v) is 7.24. The minimum atomic E-state index is -0.537. The molecule has 3 aromatic carbocycles. The lowest BCUT2D eigenvalue weighted by atomic mass is 10.1. The molecule has 0 aliphatic carbocycles. The number of esters is 2. The summed E-state index contributed by atoms with van der Waals surface area (Å²) in [7, 11) is 2.51. The number of carbonyl (C=O) groups excluding carboxylic acids is 4. The fourth-order valence-corrected chi connectivity index (χ4v) is 3.01. The summed E-state index contributed by atoms with van der Waals surface area (Å²) in [6, 6.07) is 19.3. The molecule has 10 heteroatoms. The van der Waals surface area contributed by atoms with E-state index >= 15 is 0 Å². The van der Waals surface area contributed by atoms with Gasteiger partial charge < -0.3 is 29.6 Å². The number of nitrogens with one attached hydrogen (secondary N) is 2. The van der Waals surface area contributed by atoms with Crippen molar-refractivity contribution in [3.8, 4) is 11.5 Å². The summed E-state index contributed by atoms with van der Waals surface area (Å²) in [5, 5.41) is 5.44. The van der Waals surface area contributed by atoms with Crippen molar-refractivity contribution in [3.05, 3.63) is 83.9 Å². The van der Waals surface area contributed by atoms with Crippen molar-refractivity contribution in [2.24, 2.45) is 0 Å². The zero-order chi connectivity index (χ0) is 25.9. The monoisotopic (exact) mass is 492 g/mol. The van der Waals surface area contributed by atoms with Crippen molar-refractivity contribution in [2.45, 2.75) is 0 Å². The number of anilines is 2. The van der Waals surface area contributed by atoms with Crippen LogP contribution in [0.4, 0.5) is 11.4 Å². The molecule has 2 N–H and O–H groups in total. The van der Waals surface area contributed by atoms with Crippen LogP contribution in [-0.4, -0.2) is 51.2 Å². The van der Waals surface area contributed by atoms with Crippen LogP contribution < -0.4 is 20.1 Å². The Hall–Kier alpha value is -4.86. The fourth-order valence-electron chi connectivity index (χ4n) is 3.01. The SMILES string of the molecule is COC(=O)COc1cccc(NC(=O)c2ccccc2C(=O)Nc2cccc(OCC(=O)OC)c2)c1. The van der Waals surface area contributed by atoms with Crippen molar-refractivity contribution in [2.75, 3.05) is 38.1 Å². The minimum absolute atomic E-state index is 0.147. The quantitative estimate of drug-likeness (QED) is 0.413. The first-order valence-corrected chi connectivity index (χ1v) is 10.7. The Labute approximate surface area is 207 Å². The second kappa shape index (κ2) is 12.6. The van der Waals surface area contributed by atoms with Gasteiger partial charge in [-0.3, -0.25) is 9.59 Å². The Balaban J connectivity index is 1.70. The Kier molecular flexibility index (Phi) is 8.99. The van der Waals surface area contributed by atoms with E-state index in [9.17, 15) is 19.2 Å². The molecule has 0 aliphatic rings. The first kappa shape index (κ1) is 25.8. The molecule has 0 heterocycles. The molecule has 3 aromatic rings. The molecule has 0 bridgehead atoms. The highest BCUT2D eigenvalue weighted by atomic mass is 16.6. The largest absolute Gasteiger partial charge is 0.482 e. The molecule has 0 saturated heterocycles. The summed E-state index contributed by atoms with van der Waals surface area (Å²) in [5.74, 6) is -1.38. The van der Waals surface area contributed by atoms with Crippen LogP contribution >= 0.6 is 0 Å². The van der Waals surface area contributed by atoms with Crippen LogP contribution in [0.5, 0.6) is 11.5 Å². The number of amides is 2. The van der Waals surface area contributed by atoms with Gasteiger partial charge in [0.25, 0.3) is 11.8 Å². The standard InChI is InChI=1S/C26H24N2O8/c1-33-23(29)15-35-19-9-5-7-17(13-19)27-25(31)21-11-3-4-12-22(21)26(32)28-18-8-6-10-20(14-18)36-16-24(30)34-2/h3-14H,15-16H2,1-2H3,(H,27,31)(H,28,32). The van der Waals surface area contributed by atoms with E-state index in [0.29, 0.717) is 22.9 Å². The highest BCUT2D eigenvalue weighted by Gasteiger charge is 2.17. The van der Waals surface area contributed by atoms with E-state index in [1.807, 2.05) is 0 Å². The lowest BCUT2D eigenvalue weighted by Crippen LogP contribution is -2.20. The van der Waals surface area contributed by atoms with Gasteiger partial charge in [0, 0.05) is 23.5 Å². The number of ether oxygens (including phenoxy) is 4. The van der Waals surface area contributed by atoms with Crippen molar-refractivity contribution in [3.63, 3.8) is 0 Å². The normalized spacial score (nSPS) is 10.1. The van der Waals surface area contributed by atoms with Crippen LogP contribution in [0.25, 0.3) is 0 Å². The van der Waals surface area contributed by atoms with Crippen molar-refractivity contribution >= 4 is 35.1 Å². The average molecular weight is 492 g/mol. The zero-order valence-corrected chi connectivity index (χ0v) is 19.6. The first-order chi connectivity index (χ1) is 17.4. The predicted octanol–water partition coefficient (Wildman–Crippen LogP) is 3.29. The van der Waals surface area contributed by atoms with Crippen molar-refractivity contribution in [1.29, 1.82) is 0 Å². The molecule has 0 unspecified atom stereocenters. The summed E-state index contributed by atoms with van der Waals surface area (Å²) in [5.41, 5.74) is 1.11. The summed E-state index contributed by atoms with van der Waals surface area (Å²) in [6.45, 7) is -0.544. The highest BCUT2D eigenvalue weighted by Crippen LogP contribution is 2.21. The van der Waals surface area contributed by atoms with Gasteiger partial charge in [0.15, 0.2) is 13.2 Å². The smallest absolute Gasteiger partial charge is 0.343 e. The van der Waals surface area contributed by atoms with E-state index in [1.165, 1.54) is 26.4 Å². The van der Waals surface area contributed by atoms with Crippen LogP contribution in [0.1, 0.15) is 20.7 Å². The molecule has 0 aliphatic heterocycles. The topological polar surface area (TPSA) is 129 Å². The third-order valence-electron chi connectivity index (χ3n) is 4.77. The summed E-state index contributed by atoms with van der Waals surface area (Å²) < 4.78 is 19.7. The van der Waals surface area contributed by atoms with Gasteiger partial charge in [-0.05, 0) is 36.4 Å². The van der Waals surface area contributed by atoms with E-state index < -0.39 is 23.8 Å². The zero-order valence-electron chi connectivity index (χ0n) is 19.6. The van der Waals surface area contributed by atoms with Crippen molar-refractivity contribution in [1.82, 2.24) is 0 Å². The Bertz CT molecular complexity index is 1160. The average Bonchev–Trinajstić information content (AvgIpc) is 2.90. The molecule has 0 fully saturated rings. The number of hydrogen-bond donors (Lipinski definition) is 2. The van der Waals surface area contributed by atoms with Crippen LogP contribution in [0.15, 0.2) is 72.8 Å². The minimum Gasteiger partial charge on any atom is -0.482 e. The Morgan fingerprint density at radius 2 is 1.03 bits per heavy atom. The Morgan fingerprint density at radius 1 is 0.611 bits per heavy atom. The molecule has 0 atom stereocenters. The van der Waals surface area contributed by atoms with E-state index in [0.717, 1.165) is 0 Å². The Morgan fingerprint density at radius 3 is 1.42 bits per heavy atom. The van der Waals surface area contributed by atoms with Gasteiger partial charge in [0.05, 0.1) is 25.3 Å². The molecule has 0 aromatic heterocycles.